The Morgan fingerprint density at radius 1 is 1.53 bits per heavy atom. The first kappa shape index (κ1) is 13.8. The first-order chi connectivity index (χ1) is 7.99. The van der Waals surface area contributed by atoms with E-state index in [1.54, 1.807) is 18.2 Å². The van der Waals surface area contributed by atoms with Crippen molar-refractivity contribution in [1.29, 1.82) is 0 Å². The Bertz CT molecular complexity index is 393. The van der Waals surface area contributed by atoms with Crippen LogP contribution in [0.25, 0.3) is 0 Å². The summed E-state index contributed by atoms with van der Waals surface area (Å²) in [5.41, 5.74) is 0.854. The van der Waals surface area contributed by atoms with Crippen LogP contribution in [0.3, 0.4) is 0 Å². The number of carbonyl (C=O) groups is 1. The van der Waals surface area contributed by atoms with E-state index in [0.29, 0.717) is 11.6 Å². The van der Waals surface area contributed by atoms with Crippen molar-refractivity contribution in [3.63, 3.8) is 0 Å². The zero-order valence-corrected chi connectivity index (χ0v) is 10.6. The Morgan fingerprint density at radius 2 is 2.24 bits per heavy atom. The number of halogens is 1. The van der Waals surface area contributed by atoms with Crippen LogP contribution in [0.2, 0.25) is 5.02 Å². The minimum Gasteiger partial charge on any atom is -0.491 e. The SMILES string of the molecule is CC(C)Oc1ccc(Cl)cc1CNCC(=O)O. The topological polar surface area (TPSA) is 58.6 Å². The highest BCUT2D eigenvalue weighted by Gasteiger charge is 2.07. The van der Waals surface area contributed by atoms with E-state index in [4.69, 9.17) is 21.4 Å². The van der Waals surface area contributed by atoms with Gasteiger partial charge >= 0.3 is 5.97 Å². The molecule has 0 heterocycles. The maximum absolute atomic E-state index is 10.4. The first-order valence-electron chi connectivity index (χ1n) is 5.36. The van der Waals surface area contributed by atoms with Gasteiger partial charge in [0.05, 0.1) is 12.6 Å². The second kappa shape index (κ2) is 6.47. The fourth-order valence-electron chi connectivity index (χ4n) is 1.36. The molecule has 1 aromatic rings. The number of benzene rings is 1. The highest BCUT2D eigenvalue weighted by Crippen LogP contribution is 2.23. The molecule has 5 heteroatoms. The number of carboxylic acids is 1. The van der Waals surface area contributed by atoms with Crippen LogP contribution in [-0.2, 0) is 11.3 Å². The summed E-state index contributed by atoms with van der Waals surface area (Å²) < 4.78 is 5.61. The van der Waals surface area contributed by atoms with Gasteiger partial charge in [-0.1, -0.05) is 11.6 Å². The third-order valence-electron chi connectivity index (χ3n) is 1.98. The van der Waals surface area contributed by atoms with E-state index >= 15 is 0 Å². The van der Waals surface area contributed by atoms with Gasteiger partial charge in [0.15, 0.2) is 0 Å². The van der Waals surface area contributed by atoms with Crippen molar-refractivity contribution < 1.29 is 14.6 Å². The molecule has 0 bridgehead atoms. The molecule has 0 atom stereocenters. The molecule has 0 aliphatic carbocycles. The second-order valence-corrected chi connectivity index (χ2v) is 4.35. The Morgan fingerprint density at radius 3 is 2.82 bits per heavy atom. The predicted molar refractivity (Wildman–Crippen MR) is 66.6 cm³/mol. The fraction of sp³-hybridized carbons (Fsp3) is 0.417. The molecular weight excluding hydrogens is 242 g/mol. The van der Waals surface area contributed by atoms with Crippen LogP contribution in [0.1, 0.15) is 19.4 Å². The summed E-state index contributed by atoms with van der Waals surface area (Å²) >= 11 is 5.90. The number of carboxylic acid groups (broad SMARTS) is 1. The minimum absolute atomic E-state index is 0.0643. The molecular formula is C12H16ClNO3. The molecule has 4 nitrogen and oxygen atoms in total. The molecule has 0 fully saturated rings. The normalized spacial score (nSPS) is 10.6. The first-order valence-corrected chi connectivity index (χ1v) is 5.74. The highest BCUT2D eigenvalue weighted by atomic mass is 35.5. The summed E-state index contributed by atoms with van der Waals surface area (Å²) in [6.45, 7) is 4.19. The molecule has 0 radical (unpaired) electrons. The van der Waals surface area contributed by atoms with E-state index in [0.717, 1.165) is 11.3 Å². The zero-order valence-electron chi connectivity index (χ0n) is 9.87. The lowest BCUT2D eigenvalue weighted by Gasteiger charge is -2.14. The van der Waals surface area contributed by atoms with Crippen LogP contribution in [-0.4, -0.2) is 23.7 Å². The van der Waals surface area contributed by atoms with Crippen LogP contribution in [0.15, 0.2) is 18.2 Å². The van der Waals surface area contributed by atoms with Crippen molar-refractivity contribution in [1.82, 2.24) is 5.32 Å². The van der Waals surface area contributed by atoms with Crippen LogP contribution in [0.5, 0.6) is 5.75 Å². The number of nitrogens with one attached hydrogen (secondary N) is 1. The van der Waals surface area contributed by atoms with Crippen molar-refractivity contribution in [2.24, 2.45) is 0 Å². The lowest BCUT2D eigenvalue weighted by atomic mass is 10.2. The van der Waals surface area contributed by atoms with Gasteiger partial charge in [-0.2, -0.15) is 0 Å². The summed E-state index contributed by atoms with van der Waals surface area (Å²) in [5, 5.41) is 11.9. The number of ether oxygens (including phenoxy) is 1. The van der Waals surface area contributed by atoms with Gasteiger partial charge in [-0.05, 0) is 32.0 Å². The Labute approximate surface area is 106 Å². The lowest BCUT2D eigenvalue weighted by molar-refractivity contribution is -0.136. The van der Waals surface area contributed by atoms with E-state index < -0.39 is 5.97 Å². The zero-order chi connectivity index (χ0) is 12.8. The van der Waals surface area contributed by atoms with E-state index in [1.165, 1.54) is 0 Å². The van der Waals surface area contributed by atoms with Crippen LogP contribution >= 0.6 is 11.6 Å². The maximum atomic E-state index is 10.4. The third-order valence-corrected chi connectivity index (χ3v) is 2.21. The average Bonchev–Trinajstić information content (AvgIpc) is 2.21. The fourth-order valence-corrected chi connectivity index (χ4v) is 1.55. The monoisotopic (exact) mass is 257 g/mol. The molecule has 2 N–H and O–H groups in total. The minimum atomic E-state index is -0.890. The van der Waals surface area contributed by atoms with Gasteiger partial charge in [0, 0.05) is 17.1 Å². The quantitative estimate of drug-likeness (QED) is 0.821. The molecule has 17 heavy (non-hydrogen) atoms. The highest BCUT2D eigenvalue weighted by molar-refractivity contribution is 6.30. The number of aliphatic carboxylic acids is 1. The van der Waals surface area contributed by atoms with Crippen molar-refractivity contribution >= 4 is 17.6 Å². The third kappa shape index (κ3) is 5.06. The summed E-state index contributed by atoms with van der Waals surface area (Å²) in [6.07, 6.45) is 0.0643. The molecule has 1 rings (SSSR count). The summed E-state index contributed by atoms with van der Waals surface area (Å²) in [7, 11) is 0. The van der Waals surface area contributed by atoms with Crippen molar-refractivity contribution in [2.75, 3.05) is 6.54 Å². The molecule has 1 aromatic carbocycles. The molecule has 0 unspecified atom stereocenters. The average molecular weight is 258 g/mol. The Balaban J connectivity index is 2.72. The van der Waals surface area contributed by atoms with Gasteiger partial charge in [0.1, 0.15) is 5.75 Å². The lowest BCUT2D eigenvalue weighted by Crippen LogP contribution is -2.22. The van der Waals surface area contributed by atoms with E-state index in [1.807, 2.05) is 13.8 Å². The smallest absolute Gasteiger partial charge is 0.317 e. The van der Waals surface area contributed by atoms with Crippen LogP contribution < -0.4 is 10.1 Å². The molecule has 0 saturated heterocycles. The van der Waals surface area contributed by atoms with Gasteiger partial charge in [-0.15, -0.1) is 0 Å². The number of hydrogen-bond acceptors (Lipinski definition) is 3. The van der Waals surface area contributed by atoms with Gasteiger partial charge in [0.25, 0.3) is 0 Å². The van der Waals surface area contributed by atoms with Crippen molar-refractivity contribution in [3.8, 4) is 5.75 Å². The molecule has 0 spiro atoms. The van der Waals surface area contributed by atoms with Gasteiger partial charge in [-0.3, -0.25) is 4.79 Å². The second-order valence-electron chi connectivity index (χ2n) is 3.92. The predicted octanol–water partition coefficient (Wildman–Crippen LogP) is 2.30. The molecule has 94 valence electrons. The molecule has 0 saturated carbocycles. The van der Waals surface area contributed by atoms with Gasteiger partial charge in [-0.25, -0.2) is 0 Å². The van der Waals surface area contributed by atoms with Crippen molar-refractivity contribution in [3.05, 3.63) is 28.8 Å². The Hall–Kier alpha value is -1.26. The summed E-state index contributed by atoms with van der Waals surface area (Å²) in [4.78, 5) is 10.4. The van der Waals surface area contributed by atoms with E-state index in [9.17, 15) is 4.79 Å². The molecule has 0 amide bonds. The van der Waals surface area contributed by atoms with Gasteiger partial charge < -0.3 is 15.2 Å². The van der Waals surface area contributed by atoms with Crippen LogP contribution in [0.4, 0.5) is 0 Å². The van der Waals surface area contributed by atoms with Crippen LogP contribution in [0, 0.1) is 0 Å². The Kier molecular flexibility index (Phi) is 5.25. The van der Waals surface area contributed by atoms with Gasteiger partial charge in [0.2, 0.25) is 0 Å². The number of hydrogen-bond donors (Lipinski definition) is 2. The largest absolute Gasteiger partial charge is 0.491 e. The number of rotatable bonds is 6. The molecule has 0 aromatic heterocycles. The van der Waals surface area contributed by atoms with Crippen molar-refractivity contribution in [2.45, 2.75) is 26.5 Å². The standard InChI is InChI=1S/C12H16ClNO3/c1-8(2)17-11-4-3-10(13)5-9(11)6-14-7-12(15)16/h3-5,8,14H,6-7H2,1-2H3,(H,15,16). The summed E-state index contributed by atoms with van der Waals surface area (Å²) in [6, 6.07) is 5.31. The molecule has 0 aliphatic heterocycles. The summed E-state index contributed by atoms with van der Waals surface area (Å²) in [5.74, 6) is -0.166. The maximum Gasteiger partial charge on any atom is 0.317 e. The van der Waals surface area contributed by atoms with E-state index in [2.05, 4.69) is 5.32 Å². The molecule has 0 aliphatic rings. The van der Waals surface area contributed by atoms with E-state index in [-0.39, 0.29) is 12.6 Å².